The Morgan fingerprint density at radius 2 is 0.957 bits per heavy atom. The molecule has 8 heteroatoms. The van der Waals surface area contributed by atoms with E-state index >= 15 is 0 Å². The molecular weight excluding hydrogens is 320 g/mol. The van der Waals surface area contributed by atoms with E-state index in [1.165, 1.54) is 0 Å². The molecule has 0 heterocycles. The third kappa shape index (κ3) is 5.10. The van der Waals surface area contributed by atoms with Gasteiger partial charge in [0.25, 0.3) is 0 Å². The number of ether oxygens (including phenoxy) is 2. The molecular formula is C15H8F4O4. The lowest BCUT2D eigenvalue weighted by molar-refractivity contribution is -0.144. The molecule has 2 aromatic carbocycles. The highest BCUT2D eigenvalue weighted by atomic mass is 19.1. The number of carbonyl (C=O) groups excluding carboxylic acids is 2. The van der Waals surface area contributed by atoms with Crippen molar-refractivity contribution in [3.8, 4) is 11.5 Å². The second-order valence-corrected chi connectivity index (χ2v) is 4.34. The summed E-state index contributed by atoms with van der Waals surface area (Å²) in [5, 5.41) is 0. The lowest BCUT2D eigenvalue weighted by atomic mass is 10.3. The van der Waals surface area contributed by atoms with Crippen LogP contribution in [-0.4, -0.2) is 11.9 Å². The van der Waals surface area contributed by atoms with Crippen LogP contribution in [0.25, 0.3) is 0 Å². The van der Waals surface area contributed by atoms with Crippen molar-refractivity contribution < 1.29 is 36.6 Å². The normalized spacial score (nSPS) is 10.3. The van der Waals surface area contributed by atoms with E-state index in [2.05, 4.69) is 9.47 Å². The van der Waals surface area contributed by atoms with E-state index < -0.39 is 53.1 Å². The fraction of sp³-hybridized carbons (Fsp3) is 0.0667. The van der Waals surface area contributed by atoms with Crippen LogP contribution in [-0.2, 0) is 9.59 Å². The molecule has 23 heavy (non-hydrogen) atoms. The van der Waals surface area contributed by atoms with Gasteiger partial charge in [0, 0.05) is 36.4 Å². The van der Waals surface area contributed by atoms with Crippen LogP contribution in [0.3, 0.4) is 0 Å². The van der Waals surface area contributed by atoms with Crippen LogP contribution in [0.1, 0.15) is 6.42 Å². The highest BCUT2D eigenvalue weighted by molar-refractivity contribution is 5.93. The van der Waals surface area contributed by atoms with Crippen molar-refractivity contribution in [1.29, 1.82) is 0 Å². The van der Waals surface area contributed by atoms with E-state index in [0.29, 0.717) is 12.1 Å². The Morgan fingerprint density at radius 3 is 1.26 bits per heavy atom. The average molecular weight is 328 g/mol. The van der Waals surface area contributed by atoms with Crippen LogP contribution in [0, 0.1) is 23.3 Å². The van der Waals surface area contributed by atoms with Gasteiger partial charge >= 0.3 is 11.9 Å². The molecule has 0 N–H and O–H groups in total. The topological polar surface area (TPSA) is 52.6 Å². The zero-order valence-corrected chi connectivity index (χ0v) is 11.3. The van der Waals surface area contributed by atoms with Crippen molar-refractivity contribution >= 4 is 11.9 Å². The SMILES string of the molecule is O=C(CC(=O)Oc1cc(F)cc(F)c1)Oc1cc(F)cc(F)c1. The molecule has 0 bridgehead atoms. The summed E-state index contributed by atoms with van der Waals surface area (Å²) in [4.78, 5) is 22.9. The average Bonchev–Trinajstić information content (AvgIpc) is 2.34. The molecule has 0 aliphatic carbocycles. The lowest BCUT2D eigenvalue weighted by Gasteiger charge is -2.06. The number of rotatable bonds is 4. The molecule has 0 saturated heterocycles. The number of hydrogen-bond donors (Lipinski definition) is 0. The fourth-order valence-corrected chi connectivity index (χ4v) is 1.63. The minimum absolute atomic E-state index is 0.433. The number of benzene rings is 2. The second kappa shape index (κ2) is 6.91. The third-order valence-corrected chi connectivity index (χ3v) is 2.42. The first-order chi connectivity index (χ1) is 10.8. The molecule has 0 unspecified atom stereocenters. The number of halogens is 4. The van der Waals surface area contributed by atoms with Crippen molar-refractivity contribution in [3.05, 3.63) is 59.7 Å². The Morgan fingerprint density at radius 1 is 0.652 bits per heavy atom. The van der Waals surface area contributed by atoms with Crippen molar-refractivity contribution in [2.75, 3.05) is 0 Å². The zero-order chi connectivity index (χ0) is 17.0. The molecule has 4 nitrogen and oxygen atoms in total. The van der Waals surface area contributed by atoms with E-state index in [0.717, 1.165) is 24.3 Å². The van der Waals surface area contributed by atoms with Gasteiger partial charge in [-0.25, -0.2) is 17.6 Å². The maximum Gasteiger partial charge on any atom is 0.322 e. The summed E-state index contributed by atoms with van der Waals surface area (Å²) >= 11 is 0. The summed E-state index contributed by atoms with van der Waals surface area (Å²) in [6, 6.07) is 4.12. The van der Waals surface area contributed by atoms with Gasteiger partial charge in [0.05, 0.1) is 0 Å². The minimum atomic E-state index is -1.16. The molecule has 0 aliphatic rings. The second-order valence-electron chi connectivity index (χ2n) is 4.34. The molecule has 0 radical (unpaired) electrons. The van der Waals surface area contributed by atoms with Gasteiger partial charge in [0.15, 0.2) is 0 Å². The molecule has 0 fully saturated rings. The Kier molecular flexibility index (Phi) is 4.95. The summed E-state index contributed by atoms with van der Waals surface area (Å²) < 4.78 is 60.8. The van der Waals surface area contributed by atoms with Crippen molar-refractivity contribution in [2.24, 2.45) is 0 Å². The van der Waals surface area contributed by atoms with Gasteiger partial charge in [0.2, 0.25) is 0 Å². The van der Waals surface area contributed by atoms with Crippen LogP contribution < -0.4 is 9.47 Å². The number of esters is 2. The molecule has 0 atom stereocenters. The molecule has 2 aromatic rings. The molecule has 2 rings (SSSR count). The van der Waals surface area contributed by atoms with Crippen LogP contribution in [0.15, 0.2) is 36.4 Å². The molecule has 0 amide bonds. The highest BCUT2D eigenvalue weighted by Crippen LogP contribution is 2.18. The van der Waals surface area contributed by atoms with E-state index in [1.807, 2.05) is 0 Å². The summed E-state index contributed by atoms with van der Waals surface area (Å²) in [5.41, 5.74) is 0. The van der Waals surface area contributed by atoms with Crippen molar-refractivity contribution in [3.63, 3.8) is 0 Å². The predicted octanol–water partition coefficient (Wildman–Crippen LogP) is 3.14. The van der Waals surface area contributed by atoms with Gasteiger partial charge in [-0.15, -0.1) is 0 Å². The summed E-state index contributed by atoms with van der Waals surface area (Å²) in [6.07, 6.45) is -0.920. The van der Waals surface area contributed by atoms with E-state index in [1.54, 1.807) is 0 Å². The molecule has 0 spiro atoms. The van der Waals surface area contributed by atoms with Gasteiger partial charge in [-0.05, 0) is 0 Å². The number of carbonyl (C=O) groups is 2. The summed E-state index contributed by atoms with van der Waals surface area (Å²) in [6.45, 7) is 0. The monoisotopic (exact) mass is 328 g/mol. The van der Waals surface area contributed by atoms with Gasteiger partial charge in [-0.2, -0.15) is 0 Å². The van der Waals surface area contributed by atoms with E-state index in [-0.39, 0.29) is 0 Å². The largest absolute Gasteiger partial charge is 0.426 e. The van der Waals surface area contributed by atoms with Gasteiger partial charge in [-0.1, -0.05) is 0 Å². The molecule has 120 valence electrons. The van der Waals surface area contributed by atoms with Crippen LogP contribution in [0.2, 0.25) is 0 Å². The summed E-state index contributed by atoms with van der Waals surface area (Å²) in [7, 11) is 0. The van der Waals surface area contributed by atoms with Gasteiger partial charge in [-0.3, -0.25) is 9.59 Å². The fourth-order valence-electron chi connectivity index (χ4n) is 1.63. The Hall–Kier alpha value is -2.90. The maximum atomic E-state index is 12.9. The first-order valence-corrected chi connectivity index (χ1v) is 6.15. The van der Waals surface area contributed by atoms with Crippen LogP contribution in [0.4, 0.5) is 17.6 Å². The smallest absolute Gasteiger partial charge is 0.322 e. The maximum absolute atomic E-state index is 12.9. The zero-order valence-electron chi connectivity index (χ0n) is 11.3. The molecule has 0 aliphatic heterocycles. The first-order valence-electron chi connectivity index (χ1n) is 6.15. The van der Waals surface area contributed by atoms with Crippen LogP contribution in [0.5, 0.6) is 11.5 Å². The first kappa shape index (κ1) is 16.5. The van der Waals surface area contributed by atoms with E-state index in [4.69, 9.17) is 0 Å². The molecule has 0 saturated carbocycles. The van der Waals surface area contributed by atoms with Crippen molar-refractivity contribution in [2.45, 2.75) is 6.42 Å². The van der Waals surface area contributed by atoms with Gasteiger partial charge < -0.3 is 9.47 Å². The number of hydrogen-bond acceptors (Lipinski definition) is 4. The highest BCUT2D eigenvalue weighted by Gasteiger charge is 2.16. The predicted molar refractivity (Wildman–Crippen MR) is 68.6 cm³/mol. The van der Waals surface area contributed by atoms with Crippen molar-refractivity contribution in [1.82, 2.24) is 0 Å². The summed E-state index contributed by atoms with van der Waals surface area (Å²) in [5.74, 6) is -7.05. The van der Waals surface area contributed by atoms with Gasteiger partial charge in [0.1, 0.15) is 41.2 Å². The minimum Gasteiger partial charge on any atom is -0.426 e. The quantitative estimate of drug-likeness (QED) is 0.374. The lowest BCUT2D eigenvalue weighted by Crippen LogP contribution is -2.18. The Labute approximate surface area is 127 Å². The third-order valence-electron chi connectivity index (χ3n) is 2.42. The Balaban J connectivity index is 1.95. The standard InChI is InChI=1S/C15H8F4O4/c16-8-1-9(17)4-12(3-8)22-14(20)7-15(21)23-13-5-10(18)2-11(19)6-13/h1-6H,7H2. The molecule has 0 aromatic heterocycles. The van der Waals surface area contributed by atoms with Crippen LogP contribution >= 0.6 is 0 Å². The van der Waals surface area contributed by atoms with E-state index in [9.17, 15) is 27.2 Å². The Bertz CT molecular complexity index is 657.